The fraction of sp³-hybridized carbons (Fsp3) is 0.304. The molecule has 0 spiro atoms. The Bertz CT molecular complexity index is 1190. The van der Waals surface area contributed by atoms with Gasteiger partial charge in [0, 0.05) is 28.8 Å². The van der Waals surface area contributed by atoms with Gasteiger partial charge in [0.15, 0.2) is 0 Å². The lowest BCUT2D eigenvalue weighted by Gasteiger charge is -2.17. The monoisotopic (exact) mass is 423 g/mol. The molecule has 1 saturated carbocycles. The summed E-state index contributed by atoms with van der Waals surface area (Å²) in [6.07, 6.45) is 2.39. The first-order valence-electron chi connectivity index (χ1n) is 9.82. The van der Waals surface area contributed by atoms with Crippen molar-refractivity contribution in [2.75, 3.05) is 19.0 Å². The van der Waals surface area contributed by atoms with Crippen molar-refractivity contribution in [3.8, 4) is 17.6 Å². The zero-order valence-corrected chi connectivity index (χ0v) is 17.5. The Hall–Kier alpha value is -3.17. The van der Waals surface area contributed by atoms with Gasteiger partial charge in [-0.3, -0.25) is 4.79 Å². The van der Waals surface area contributed by atoms with Gasteiger partial charge in [-0.05, 0) is 49.9 Å². The van der Waals surface area contributed by atoms with E-state index in [9.17, 15) is 4.79 Å². The quantitative estimate of drug-likeness (QED) is 0.556. The van der Waals surface area contributed by atoms with Crippen molar-refractivity contribution in [2.24, 2.45) is 5.92 Å². The van der Waals surface area contributed by atoms with Crippen molar-refractivity contribution in [3.05, 3.63) is 62.9 Å². The third-order valence-electron chi connectivity index (χ3n) is 5.27. The Morgan fingerprint density at radius 2 is 2.07 bits per heavy atom. The fourth-order valence-corrected chi connectivity index (χ4v) is 3.58. The molecule has 1 aliphatic carbocycles. The molecule has 1 fully saturated rings. The number of benzene rings is 2. The first-order chi connectivity index (χ1) is 14.5. The molecule has 1 heterocycles. The van der Waals surface area contributed by atoms with Gasteiger partial charge in [-0.1, -0.05) is 11.6 Å². The van der Waals surface area contributed by atoms with Gasteiger partial charge in [0.2, 0.25) is 0 Å². The summed E-state index contributed by atoms with van der Waals surface area (Å²) in [5.74, 6) is 1.69. The van der Waals surface area contributed by atoms with Crippen LogP contribution in [-0.2, 0) is 0 Å². The third kappa shape index (κ3) is 4.22. The molecule has 0 unspecified atom stereocenters. The van der Waals surface area contributed by atoms with Crippen LogP contribution in [0.3, 0.4) is 0 Å². The molecule has 0 amide bonds. The number of pyridine rings is 1. The van der Waals surface area contributed by atoms with E-state index in [4.69, 9.17) is 26.3 Å². The molecular formula is C23H22ClN3O3. The number of methoxy groups -OCH3 is 1. The predicted octanol–water partition coefficient (Wildman–Crippen LogP) is 5.02. The molecule has 7 heteroatoms. The predicted molar refractivity (Wildman–Crippen MR) is 118 cm³/mol. The molecule has 6 nitrogen and oxygen atoms in total. The highest BCUT2D eigenvalue weighted by atomic mass is 35.5. The fourth-order valence-electron chi connectivity index (χ4n) is 3.35. The van der Waals surface area contributed by atoms with E-state index in [0.717, 1.165) is 11.1 Å². The zero-order chi connectivity index (χ0) is 21.3. The summed E-state index contributed by atoms with van der Waals surface area (Å²) in [5, 5.41) is 13.8. The summed E-state index contributed by atoms with van der Waals surface area (Å²) >= 11 is 6.40. The second kappa shape index (κ2) is 8.29. The average molecular weight is 424 g/mol. The van der Waals surface area contributed by atoms with E-state index >= 15 is 0 Å². The third-order valence-corrected chi connectivity index (χ3v) is 5.56. The van der Waals surface area contributed by atoms with E-state index in [-0.39, 0.29) is 11.6 Å². The van der Waals surface area contributed by atoms with Crippen LogP contribution in [0.2, 0.25) is 5.02 Å². The Kier molecular flexibility index (Phi) is 5.56. The highest BCUT2D eigenvalue weighted by molar-refractivity contribution is 6.32. The number of hydrogen-bond donors (Lipinski definition) is 2. The summed E-state index contributed by atoms with van der Waals surface area (Å²) in [5.41, 5.74) is 2.28. The van der Waals surface area contributed by atoms with Gasteiger partial charge in [0.1, 0.15) is 17.6 Å². The van der Waals surface area contributed by atoms with Gasteiger partial charge in [-0.15, -0.1) is 0 Å². The summed E-state index contributed by atoms with van der Waals surface area (Å²) in [6.45, 7) is 2.55. The topological polar surface area (TPSA) is 87.1 Å². The second-order valence-electron chi connectivity index (χ2n) is 7.57. The largest absolute Gasteiger partial charge is 0.495 e. The summed E-state index contributed by atoms with van der Waals surface area (Å²) < 4.78 is 11.1. The zero-order valence-electron chi connectivity index (χ0n) is 16.8. The van der Waals surface area contributed by atoms with E-state index < -0.39 is 0 Å². The first kappa shape index (κ1) is 20.1. The number of ether oxygens (including phenoxy) is 2. The van der Waals surface area contributed by atoms with Crippen LogP contribution < -0.4 is 20.3 Å². The molecule has 3 aromatic rings. The number of hydrogen-bond acceptors (Lipinski definition) is 5. The molecule has 0 bridgehead atoms. The number of nitrogens with one attached hydrogen (secondary N) is 2. The van der Waals surface area contributed by atoms with Gasteiger partial charge >= 0.3 is 0 Å². The smallest absolute Gasteiger partial charge is 0.253 e. The SMILES string of the molecule is COc1cc(N[C@@H](C)c2cc3cc(Cl)c(OCC4CC4)cc3[nH]c2=O)ccc1C#N. The number of nitriles is 1. The highest BCUT2D eigenvalue weighted by Gasteiger charge is 2.22. The molecule has 154 valence electrons. The molecule has 2 aromatic carbocycles. The number of aromatic nitrogens is 1. The summed E-state index contributed by atoms with van der Waals surface area (Å²) in [7, 11) is 1.52. The van der Waals surface area contributed by atoms with Crippen LogP contribution in [0.5, 0.6) is 11.5 Å². The van der Waals surface area contributed by atoms with Crippen molar-refractivity contribution in [1.29, 1.82) is 5.26 Å². The van der Waals surface area contributed by atoms with E-state index in [2.05, 4.69) is 16.4 Å². The number of anilines is 1. The number of rotatable bonds is 7. The number of halogens is 1. The van der Waals surface area contributed by atoms with Crippen LogP contribution >= 0.6 is 11.6 Å². The van der Waals surface area contributed by atoms with Gasteiger partial charge < -0.3 is 19.8 Å². The highest BCUT2D eigenvalue weighted by Crippen LogP contribution is 2.34. The maximum absolute atomic E-state index is 12.7. The van der Waals surface area contributed by atoms with Crippen LogP contribution in [0.15, 0.2) is 41.2 Å². The van der Waals surface area contributed by atoms with Crippen LogP contribution in [0.25, 0.3) is 10.9 Å². The minimum atomic E-state index is -0.277. The van der Waals surface area contributed by atoms with E-state index in [1.54, 1.807) is 24.3 Å². The Balaban J connectivity index is 1.60. The molecule has 0 radical (unpaired) electrons. The molecule has 4 rings (SSSR count). The van der Waals surface area contributed by atoms with Crippen LogP contribution in [0.1, 0.15) is 36.9 Å². The van der Waals surface area contributed by atoms with Crippen molar-refractivity contribution in [1.82, 2.24) is 4.98 Å². The van der Waals surface area contributed by atoms with Gasteiger partial charge in [-0.25, -0.2) is 0 Å². The normalized spacial score (nSPS) is 14.2. The van der Waals surface area contributed by atoms with Gasteiger partial charge in [-0.2, -0.15) is 5.26 Å². The van der Waals surface area contributed by atoms with Crippen LogP contribution in [-0.4, -0.2) is 18.7 Å². The van der Waals surface area contributed by atoms with Crippen molar-refractivity contribution in [2.45, 2.75) is 25.8 Å². The molecule has 0 saturated heterocycles. The summed E-state index contributed by atoms with van der Waals surface area (Å²) in [4.78, 5) is 15.7. The molecule has 2 N–H and O–H groups in total. The van der Waals surface area contributed by atoms with Gasteiger partial charge in [0.05, 0.1) is 35.9 Å². The minimum Gasteiger partial charge on any atom is -0.495 e. The Morgan fingerprint density at radius 1 is 1.27 bits per heavy atom. The molecule has 1 atom stereocenters. The molecular weight excluding hydrogens is 402 g/mol. The minimum absolute atomic E-state index is 0.182. The van der Waals surface area contributed by atoms with E-state index in [0.29, 0.717) is 45.7 Å². The van der Waals surface area contributed by atoms with Crippen LogP contribution in [0, 0.1) is 17.2 Å². The number of nitrogens with zero attached hydrogens (tertiary/aromatic N) is 1. The lowest BCUT2D eigenvalue weighted by atomic mass is 10.1. The van der Waals surface area contributed by atoms with Crippen molar-refractivity contribution in [3.63, 3.8) is 0 Å². The van der Waals surface area contributed by atoms with Crippen molar-refractivity contribution >= 4 is 28.2 Å². The molecule has 1 aliphatic rings. The molecule has 1 aromatic heterocycles. The number of aromatic amines is 1. The second-order valence-corrected chi connectivity index (χ2v) is 7.98. The van der Waals surface area contributed by atoms with Gasteiger partial charge in [0.25, 0.3) is 5.56 Å². The number of fused-ring (bicyclic) bond motifs is 1. The maximum Gasteiger partial charge on any atom is 0.253 e. The van der Waals surface area contributed by atoms with Crippen molar-refractivity contribution < 1.29 is 9.47 Å². The Morgan fingerprint density at radius 3 is 2.77 bits per heavy atom. The maximum atomic E-state index is 12.7. The number of H-pyrrole nitrogens is 1. The van der Waals surface area contributed by atoms with E-state index in [1.165, 1.54) is 20.0 Å². The molecule has 0 aliphatic heterocycles. The lowest BCUT2D eigenvalue weighted by molar-refractivity contribution is 0.300. The Labute approximate surface area is 179 Å². The van der Waals surface area contributed by atoms with E-state index in [1.807, 2.05) is 19.1 Å². The average Bonchev–Trinajstić information content (AvgIpc) is 3.56. The van der Waals surface area contributed by atoms with Crippen LogP contribution in [0.4, 0.5) is 5.69 Å². The summed E-state index contributed by atoms with van der Waals surface area (Å²) in [6, 6.07) is 12.5. The first-order valence-corrected chi connectivity index (χ1v) is 10.2. The standard InChI is InChI=1S/C23H22ClN3O3/c1-13(26-17-6-5-15(11-25)21(9-17)29-2)18-7-16-8-19(24)22(30-12-14-3-4-14)10-20(16)27-23(18)28/h5-10,13-14,26H,3-4,12H2,1-2H3,(H,27,28)/t13-/m0/s1. The molecule has 30 heavy (non-hydrogen) atoms. The lowest BCUT2D eigenvalue weighted by Crippen LogP contribution is -2.19.